The quantitative estimate of drug-likeness (QED) is 0.450. The van der Waals surface area contributed by atoms with E-state index in [1.54, 1.807) is 12.4 Å². The van der Waals surface area contributed by atoms with E-state index in [0.29, 0.717) is 6.61 Å². The number of likely N-dealkylation sites (N-methyl/N-ethyl adjacent to an activating group) is 1. The van der Waals surface area contributed by atoms with Crippen molar-refractivity contribution >= 4 is 21.9 Å². The zero-order valence-corrected chi connectivity index (χ0v) is 16.9. The summed E-state index contributed by atoms with van der Waals surface area (Å²) >= 11 is 0. The predicted octanol–water partition coefficient (Wildman–Crippen LogP) is 4.11. The van der Waals surface area contributed by atoms with Crippen LogP contribution in [0.5, 0.6) is 5.75 Å². The van der Waals surface area contributed by atoms with E-state index >= 15 is 0 Å². The Morgan fingerprint density at radius 1 is 1.00 bits per heavy atom. The molecule has 7 nitrogen and oxygen atoms in total. The van der Waals surface area contributed by atoms with Crippen molar-refractivity contribution < 1.29 is 4.74 Å². The summed E-state index contributed by atoms with van der Waals surface area (Å²) in [6, 6.07) is 14.2. The summed E-state index contributed by atoms with van der Waals surface area (Å²) in [6.07, 6.45) is 5.40. The molecule has 0 bridgehead atoms. The molecule has 5 aromatic rings. The van der Waals surface area contributed by atoms with Crippen LogP contribution >= 0.6 is 0 Å². The Bertz CT molecular complexity index is 1290. The largest absolute Gasteiger partial charge is 0.491 e. The summed E-state index contributed by atoms with van der Waals surface area (Å²) < 4.78 is 5.84. The van der Waals surface area contributed by atoms with Crippen LogP contribution in [0.2, 0.25) is 0 Å². The molecule has 2 N–H and O–H groups in total. The van der Waals surface area contributed by atoms with Crippen LogP contribution in [-0.2, 0) is 0 Å². The molecule has 4 heterocycles. The van der Waals surface area contributed by atoms with Crippen LogP contribution in [0.4, 0.5) is 0 Å². The Kier molecular flexibility index (Phi) is 4.65. The first-order valence-corrected chi connectivity index (χ1v) is 9.82. The molecule has 30 heavy (non-hydrogen) atoms. The smallest absolute Gasteiger partial charge is 0.138 e. The van der Waals surface area contributed by atoms with Gasteiger partial charge < -0.3 is 14.6 Å². The van der Waals surface area contributed by atoms with Gasteiger partial charge in [0, 0.05) is 29.9 Å². The van der Waals surface area contributed by atoms with Gasteiger partial charge in [0.05, 0.1) is 28.4 Å². The number of pyridine rings is 2. The molecule has 0 aliphatic heterocycles. The van der Waals surface area contributed by atoms with Crippen molar-refractivity contribution in [2.24, 2.45) is 0 Å². The Labute approximate surface area is 173 Å². The van der Waals surface area contributed by atoms with Crippen LogP contribution in [-0.4, -0.2) is 57.3 Å². The van der Waals surface area contributed by atoms with Crippen LogP contribution in [0.25, 0.3) is 44.5 Å². The number of benzene rings is 1. The third-order valence-electron chi connectivity index (χ3n) is 5.06. The fraction of sp³-hybridized carbons (Fsp3) is 0.174. The third kappa shape index (κ3) is 3.51. The maximum atomic E-state index is 5.84. The van der Waals surface area contributed by atoms with Crippen LogP contribution in [0.15, 0.2) is 61.1 Å². The summed E-state index contributed by atoms with van der Waals surface area (Å²) in [5.74, 6) is 0.767. The van der Waals surface area contributed by atoms with Gasteiger partial charge in [0.15, 0.2) is 0 Å². The number of hydrogen-bond donors (Lipinski definition) is 2. The number of nitrogens with one attached hydrogen (secondary N) is 2. The first-order chi connectivity index (χ1) is 14.7. The normalized spacial score (nSPS) is 11.6. The van der Waals surface area contributed by atoms with Gasteiger partial charge in [0.1, 0.15) is 18.1 Å². The molecule has 0 radical (unpaired) electrons. The molecular weight excluding hydrogens is 376 g/mol. The molecule has 0 fully saturated rings. The van der Waals surface area contributed by atoms with Crippen molar-refractivity contribution in [2.75, 3.05) is 27.2 Å². The van der Waals surface area contributed by atoms with Gasteiger partial charge in [0.25, 0.3) is 0 Å². The summed E-state index contributed by atoms with van der Waals surface area (Å²) in [5.41, 5.74) is 6.77. The molecule has 7 heteroatoms. The fourth-order valence-electron chi connectivity index (χ4n) is 3.48. The number of H-pyrrole nitrogens is 2. The van der Waals surface area contributed by atoms with E-state index in [9.17, 15) is 0 Å². The minimum Gasteiger partial charge on any atom is -0.491 e. The predicted molar refractivity (Wildman–Crippen MR) is 118 cm³/mol. The highest BCUT2D eigenvalue weighted by Gasteiger charge is 2.13. The Balaban J connectivity index is 1.50. The van der Waals surface area contributed by atoms with Gasteiger partial charge in [-0.25, -0.2) is 0 Å². The van der Waals surface area contributed by atoms with E-state index in [0.717, 1.165) is 56.7 Å². The van der Waals surface area contributed by atoms with Crippen LogP contribution in [0, 0.1) is 0 Å². The Morgan fingerprint density at radius 3 is 2.80 bits per heavy atom. The Morgan fingerprint density at radius 2 is 1.93 bits per heavy atom. The van der Waals surface area contributed by atoms with Crippen molar-refractivity contribution in [3.8, 4) is 28.3 Å². The highest BCUT2D eigenvalue weighted by Crippen LogP contribution is 2.32. The van der Waals surface area contributed by atoms with Crippen LogP contribution < -0.4 is 4.74 Å². The number of nitrogens with zero attached hydrogens (tertiary/aromatic N) is 4. The number of ether oxygens (including phenoxy) is 1. The molecule has 150 valence electrons. The van der Waals surface area contributed by atoms with E-state index in [-0.39, 0.29) is 0 Å². The van der Waals surface area contributed by atoms with Crippen LogP contribution in [0.3, 0.4) is 0 Å². The van der Waals surface area contributed by atoms with Gasteiger partial charge in [-0.15, -0.1) is 0 Å². The SMILES string of the molecule is CN(C)CCOc1cncc(-c2ccc3[nH]nc(-c4cc5ncccc5[nH]4)c3c2)c1. The first kappa shape index (κ1) is 18.3. The second-order valence-corrected chi connectivity index (χ2v) is 7.51. The van der Waals surface area contributed by atoms with E-state index in [1.165, 1.54) is 0 Å². The second-order valence-electron chi connectivity index (χ2n) is 7.51. The van der Waals surface area contributed by atoms with E-state index < -0.39 is 0 Å². The molecule has 0 spiro atoms. The third-order valence-corrected chi connectivity index (χ3v) is 5.06. The lowest BCUT2D eigenvalue weighted by Gasteiger charge is -2.11. The van der Waals surface area contributed by atoms with Crippen molar-refractivity contribution in [2.45, 2.75) is 0 Å². The van der Waals surface area contributed by atoms with Gasteiger partial charge in [0.2, 0.25) is 0 Å². The average Bonchev–Trinajstić information content (AvgIpc) is 3.37. The van der Waals surface area contributed by atoms with Crippen molar-refractivity contribution in [3.63, 3.8) is 0 Å². The monoisotopic (exact) mass is 398 g/mol. The van der Waals surface area contributed by atoms with Crippen LogP contribution in [0.1, 0.15) is 0 Å². The summed E-state index contributed by atoms with van der Waals surface area (Å²) in [6.45, 7) is 1.48. The van der Waals surface area contributed by atoms with Crippen molar-refractivity contribution in [3.05, 3.63) is 61.1 Å². The second kappa shape index (κ2) is 7.61. The number of rotatable bonds is 6. The molecular formula is C23H22N6O. The lowest BCUT2D eigenvalue weighted by Crippen LogP contribution is -2.19. The lowest BCUT2D eigenvalue weighted by molar-refractivity contribution is 0.261. The van der Waals surface area contributed by atoms with Crippen molar-refractivity contribution in [1.29, 1.82) is 0 Å². The molecule has 0 amide bonds. The minimum atomic E-state index is 0.622. The van der Waals surface area contributed by atoms with Gasteiger partial charge >= 0.3 is 0 Å². The molecule has 0 saturated carbocycles. The highest BCUT2D eigenvalue weighted by molar-refractivity contribution is 5.97. The van der Waals surface area contributed by atoms with E-state index in [2.05, 4.69) is 42.2 Å². The molecule has 0 aliphatic carbocycles. The van der Waals surface area contributed by atoms with Gasteiger partial charge in [-0.2, -0.15) is 5.10 Å². The summed E-state index contributed by atoms with van der Waals surface area (Å²) in [5, 5.41) is 8.71. The standard InChI is InChI=1S/C23H22N6O/c1-29(2)8-9-30-17-10-16(13-24-14-17)15-5-6-19-18(11-15)23(28-27-19)22-12-21-20(26-22)4-3-7-25-21/h3-7,10-14,26H,8-9H2,1-2H3,(H,27,28). The van der Waals surface area contributed by atoms with E-state index in [4.69, 9.17) is 4.74 Å². The lowest BCUT2D eigenvalue weighted by atomic mass is 10.0. The molecule has 1 aromatic carbocycles. The maximum absolute atomic E-state index is 5.84. The molecule has 0 aliphatic rings. The van der Waals surface area contributed by atoms with E-state index in [1.807, 2.05) is 50.6 Å². The van der Waals surface area contributed by atoms with Gasteiger partial charge in [-0.05, 0) is 56.1 Å². The minimum absolute atomic E-state index is 0.622. The molecule has 0 saturated heterocycles. The molecule has 0 atom stereocenters. The molecule has 5 rings (SSSR count). The number of fused-ring (bicyclic) bond motifs is 2. The maximum Gasteiger partial charge on any atom is 0.138 e. The first-order valence-electron chi connectivity index (χ1n) is 9.82. The average molecular weight is 398 g/mol. The fourth-order valence-corrected chi connectivity index (χ4v) is 3.48. The molecule has 0 unspecified atom stereocenters. The topological polar surface area (TPSA) is 82.7 Å². The summed E-state index contributed by atoms with van der Waals surface area (Å²) in [4.78, 5) is 14.3. The Hall–Kier alpha value is -3.71. The number of aromatic amines is 2. The van der Waals surface area contributed by atoms with Crippen molar-refractivity contribution in [1.82, 2.24) is 30.0 Å². The molecule has 4 aromatic heterocycles. The zero-order chi connectivity index (χ0) is 20.5. The zero-order valence-electron chi connectivity index (χ0n) is 16.9. The number of hydrogen-bond acceptors (Lipinski definition) is 5. The van der Waals surface area contributed by atoms with Gasteiger partial charge in [-0.1, -0.05) is 6.07 Å². The van der Waals surface area contributed by atoms with Gasteiger partial charge in [-0.3, -0.25) is 15.1 Å². The summed E-state index contributed by atoms with van der Waals surface area (Å²) in [7, 11) is 4.05. The number of aromatic nitrogens is 5. The highest BCUT2D eigenvalue weighted by atomic mass is 16.5.